The second-order valence-electron chi connectivity index (χ2n) is 4.98. The third kappa shape index (κ3) is 3.57. The maximum Gasteiger partial charge on any atom is 0.277 e. The van der Waals surface area contributed by atoms with E-state index in [1.165, 1.54) is 21.5 Å². The maximum absolute atomic E-state index is 13.2. The van der Waals surface area contributed by atoms with Gasteiger partial charge in [0.15, 0.2) is 11.5 Å². The van der Waals surface area contributed by atoms with E-state index < -0.39 is 5.91 Å². The molecule has 1 amide bonds. The quantitative estimate of drug-likeness (QED) is 0.798. The molecule has 0 aliphatic carbocycles. The molecule has 118 valence electrons. The van der Waals surface area contributed by atoms with Crippen LogP contribution < -0.4 is 5.32 Å². The topological polar surface area (TPSA) is 64.7 Å². The van der Waals surface area contributed by atoms with Crippen LogP contribution in [0, 0.1) is 5.82 Å². The minimum atomic E-state index is -0.400. The Labute approximate surface area is 136 Å². The Hall–Kier alpha value is -2.67. The minimum absolute atomic E-state index is 0.235. The molecule has 0 atom stereocenters. The number of hydrogen-bond donors (Lipinski definition) is 1. The van der Waals surface area contributed by atoms with Crippen molar-refractivity contribution in [3.8, 4) is 0 Å². The first-order valence-electron chi connectivity index (χ1n) is 6.79. The minimum Gasteiger partial charge on any atom is -0.302 e. The van der Waals surface area contributed by atoms with Crippen molar-refractivity contribution in [1.82, 2.24) is 19.6 Å². The number of halogens is 2. The second kappa shape index (κ2) is 6.21. The maximum atomic E-state index is 13.2. The van der Waals surface area contributed by atoms with Crippen LogP contribution in [0.25, 0.3) is 0 Å². The zero-order valence-electron chi connectivity index (χ0n) is 12.2. The third-order valence-corrected chi connectivity index (χ3v) is 3.41. The molecule has 0 saturated heterocycles. The van der Waals surface area contributed by atoms with E-state index in [-0.39, 0.29) is 17.3 Å². The van der Waals surface area contributed by atoms with E-state index in [0.717, 1.165) is 5.56 Å². The molecule has 0 spiro atoms. The summed E-state index contributed by atoms with van der Waals surface area (Å²) in [5, 5.41) is 11.1. The summed E-state index contributed by atoms with van der Waals surface area (Å²) in [6.07, 6.45) is 3.24. The molecule has 0 aliphatic rings. The number of anilines is 1. The standard InChI is InChI=1S/C15H13ClFN5O/c1-21-6-5-13(19-21)15(23)18-14-12(16)9-22(20-14)8-10-3-2-4-11(17)7-10/h2-7,9H,8H2,1H3,(H,18,20,23). The molecular weight excluding hydrogens is 321 g/mol. The number of rotatable bonds is 4. The van der Waals surface area contributed by atoms with Crippen molar-refractivity contribution < 1.29 is 9.18 Å². The van der Waals surface area contributed by atoms with Crippen molar-refractivity contribution in [3.63, 3.8) is 0 Å². The summed E-state index contributed by atoms with van der Waals surface area (Å²) in [5.41, 5.74) is 1.01. The number of amides is 1. The van der Waals surface area contributed by atoms with Crippen molar-refractivity contribution in [2.75, 3.05) is 5.32 Å². The van der Waals surface area contributed by atoms with Gasteiger partial charge in [-0.05, 0) is 23.8 Å². The highest BCUT2D eigenvalue weighted by molar-refractivity contribution is 6.33. The molecular formula is C15H13ClFN5O. The SMILES string of the molecule is Cn1ccc(C(=O)Nc2nn(Cc3cccc(F)c3)cc2Cl)n1. The number of aromatic nitrogens is 4. The molecule has 3 aromatic rings. The zero-order chi connectivity index (χ0) is 16.4. The average Bonchev–Trinajstić information content (AvgIpc) is 3.06. The largest absolute Gasteiger partial charge is 0.302 e. The van der Waals surface area contributed by atoms with E-state index >= 15 is 0 Å². The zero-order valence-corrected chi connectivity index (χ0v) is 13.0. The number of carbonyl (C=O) groups excluding carboxylic acids is 1. The van der Waals surface area contributed by atoms with Gasteiger partial charge < -0.3 is 5.32 Å². The number of hydrogen-bond acceptors (Lipinski definition) is 3. The van der Waals surface area contributed by atoms with Crippen LogP contribution in [0.4, 0.5) is 10.2 Å². The summed E-state index contributed by atoms with van der Waals surface area (Å²) in [6, 6.07) is 7.79. The summed E-state index contributed by atoms with van der Waals surface area (Å²) in [7, 11) is 1.72. The molecule has 6 nitrogen and oxygen atoms in total. The predicted molar refractivity (Wildman–Crippen MR) is 83.9 cm³/mol. The van der Waals surface area contributed by atoms with Crippen LogP contribution in [0.1, 0.15) is 16.1 Å². The van der Waals surface area contributed by atoms with E-state index in [2.05, 4.69) is 15.5 Å². The number of carbonyl (C=O) groups is 1. The van der Waals surface area contributed by atoms with E-state index in [9.17, 15) is 9.18 Å². The van der Waals surface area contributed by atoms with Crippen LogP contribution in [-0.2, 0) is 13.6 Å². The normalized spacial score (nSPS) is 10.7. The molecule has 0 aliphatic heterocycles. The van der Waals surface area contributed by atoms with Crippen LogP contribution in [0.5, 0.6) is 0 Å². The fraction of sp³-hybridized carbons (Fsp3) is 0.133. The van der Waals surface area contributed by atoms with Crippen LogP contribution in [0.3, 0.4) is 0 Å². The van der Waals surface area contributed by atoms with Crippen molar-refractivity contribution in [3.05, 3.63) is 64.8 Å². The van der Waals surface area contributed by atoms with Gasteiger partial charge in [0.1, 0.15) is 10.8 Å². The average molecular weight is 334 g/mol. The highest BCUT2D eigenvalue weighted by atomic mass is 35.5. The lowest BCUT2D eigenvalue weighted by Gasteiger charge is -2.02. The Morgan fingerprint density at radius 1 is 1.35 bits per heavy atom. The van der Waals surface area contributed by atoms with Crippen LogP contribution in [0.15, 0.2) is 42.7 Å². The lowest BCUT2D eigenvalue weighted by Crippen LogP contribution is -2.14. The van der Waals surface area contributed by atoms with E-state index in [4.69, 9.17) is 11.6 Å². The Bertz CT molecular complexity index is 857. The Morgan fingerprint density at radius 3 is 2.87 bits per heavy atom. The Morgan fingerprint density at radius 2 is 2.17 bits per heavy atom. The van der Waals surface area contributed by atoms with Gasteiger partial charge in [-0.15, -0.1) is 0 Å². The second-order valence-corrected chi connectivity index (χ2v) is 5.39. The Balaban J connectivity index is 1.74. The van der Waals surface area contributed by atoms with Gasteiger partial charge in [0, 0.05) is 19.4 Å². The van der Waals surface area contributed by atoms with Crippen molar-refractivity contribution in [2.24, 2.45) is 7.05 Å². The smallest absolute Gasteiger partial charge is 0.277 e. The number of aryl methyl sites for hydroxylation is 1. The molecule has 1 N–H and O–H groups in total. The first-order chi connectivity index (χ1) is 11.0. The fourth-order valence-corrected chi connectivity index (χ4v) is 2.29. The highest BCUT2D eigenvalue weighted by Crippen LogP contribution is 2.20. The van der Waals surface area contributed by atoms with Gasteiger partial charge in [-0.3, -0.25) is 14.2 Å². The molecule has 23 heavy (non-hydrogen) atoms. The third-order valence-electron chi connectivity index (χ3n) is 3.13. The number of benzene rings is 1. The first kappa shape index (κ1) is 15.2. The lowest BCUT2D eigenvalue weighted by atomic mass is 10.2. The van der Waals surface area contributed by atoms with Crippen LogP contribution in [0.2, 0.25) is 5.02 Å². The summed E-state index contributed by atoms with van der Waals surface area (Å²) in [4.78, 5) is 12.0. The molecule has 0 fully saturated rings. The van der Waals surface area contributed by atoms with E-state index in [0.29, 0.717) is 11.6 Å². The number of nitrogens with zero attached hydrogens (tertiary/aromatic N) is 4. The molecule has 0 unspecified atom stereocenters. The molecule has 0 saturated carbocycles. The molecule has 2 heterocycles. The van der Waals surface area contributed by atoms with Gasteiger partial charge >= 0.3 is 0 Å². The van der Waals surface area contributed by atoms with E-state index in [1.807, 2.05) is 0 Å². The van der Waals surface area contributed by atoms with Crippen molar-refractivity contribution in [2.45, 2.75) is 6.54 Å². The molecule has 8 heteroatoms. The van der Waals surface area contributed by atoms with Gasteiger partial charge in [-0.25, -0.2) is 4.39 Å². The summed E-state index contributed by atoms with van der Waals surface area (Å²) >= 11 is 6.08. The van der Waals surface area contributed by atoms with E-state index in [1.54, 1.807) is 37.6 Å². The highest BCUT2D eigenvalue weighted by Gasteiger charge is 2.14. The van der Waals surface area contributed by atoms with Crippen molar-refractivity contribution >= 4 is 23.3 Å². The monoisotopic (exact) mass is 333 g/mol. The molecule has 0 bridgehead atoms. The fourth-order valence-electron chi connectivity index (χ4n) is 2.09. The summed E-state index contributed by atoms with van der Waals surface area (Å²) in [6.45, 7) is 0.344. The molecule has 0 radical (unpaired) electrons. The van der Waals surface area contributed by atoms with Gasteiger partial charge in [0.25, 0.3) is 5.91 Å². The van der Waals surface area contributed by atoms with Gasteiger partial charge in [-0.1, -0.05) is 23.7 Å². The van der Waals surface area contributed by atoms with Gasteiger partial charge in [0.05, 0.1) is 6.54 Å². The molecule has 2 aromatic heterocycles. The molecule has 3 rings (SSSR count). The van der Waals surface area contributed by atoms with Gasteiger partial charge in [0.2, 0.25) is 0 Å². The van der Waals surface area contributed by atoms with Gasteiger partial charge in [-0.2, -0.15) is 10.2 Å². The summed E-state index contributed by atoms with van der Waals surface area (Å²) < 4.78 is 16.3. The van der Waals surface area contributed by atoms with Crippen molar-refractivity contribution in [1.29, 1.82) is 0 Å². The summed E-state index contributed by atoms with van der Waals surface area (Å²) in [5.74, 6) is -0.480. The van der Waals surface area contributed by atoms with Crippen LogP contribution >= 0.6 is 11.6 Å². The first-order valence-corrected chi connectivity index (χ1v) is 7.17. The predicted octanol–water partition coefficient (Wildman–Crippen LogP) is 2.71. The lowest BCUT2D eigenvalue weighted by molar-refractivity contribution is 0.102. The number of nitrogens with one attached hydrogen (secondary N) is 1. The Kier molecular flexibility index (Phi) is 4.12. The van der Waals surface area contributed by atoms with Crippen LogP contribution in [-0.4, -0.2) is 25.5 Å². The molecule has 1 aromatic carbocycles.